The van der Waals surface area contributed by atoms with E-state index in [0.717, 1.165) is 45.0 Å². The van der Waals surface area contributed by atoms with Gasteiger partial charge in [0.15, 0.2) is 5.96 Å². The van der Waals surface area contributed by atoms with E-state index in [4.69, 9.17) is 4.99 Å². The molecule has 0 radical (unpaired) electrons. The number of amides is 1. The minimum absolute atomic E-state index is 0.0341. The third-order valence-electron chi connectivity index (χ3n) is 4.95. The van der Waals surface area contributed by atoms with Crippen LogP contribution in [-0.4, -0.2) is 74.5 Å². The number of aliphatic imine (C=N–C) groups is 1. The van der Waals surface area contributed by atoms with Gasteiger partial charge < -0.3 is 15.5 Å². The summed E-state index contributed by atoms with van der Waals surface area (Å²) in [5.74, 6) is 1.07. The minimum Gasteiger partial charge on any atom is -0.357 e. The number of nitrogens with one attached hydrogen (secondary N) is 2. The molecule has 1 aromatic rings. The highest BCUT2D eigenvalue weighted by molar-refractivity contribution is 7.10. The molecule has 1 fully saturated rings. The van der Waals surface area contributed by atoms with E-state index >= 15 is 0 Å². The van der Waals surface area contributed by atoms with Gasteiger partial charge in [0.2, 0.25) is 5.91 Å². The van der Waals surface area contributed by atoms with E-state index in [1.165, 1.54) is 4.88 Å². The average molecular weight is 394 g/mol. The minimum atomic E-state index is 0.0341. The summed E-state index contributed by atoms with van der Waals surface area (Å²) in [6.07, 6.45) is 2.05. The van der Waals surface area contributed by atoms with E-state index in [1.54, 1.807) is 16.2 Å². The molecular formula is C20H35N5OS. The third-order valence-corrected chi connectivity index (χ3v) is 6.19. The number of hydrogen-bond acceptors (Lipinski definition) is 4. The van der Waals surface area contributed by atoms with Crippen molar-refractivity contribution in [1.29, 1.82) is 0 Å². The van der Waals surface area contributed by atoms with E-state index in [-0.39, 0.29) is 11.3 Å². The lowest BCUT2D eigenvalue weighted by atomic mass is 9.92. The van der Waals surface area contributed by atoms with Gasteiger partial charge in [0.25, 0.3) is 0 Å². The molecule has 1 aliphatic heterocycles. The molecular weight excluding hydrogens is 358 g/mol. The van der Waals surface area contributed by atoms with Crippen molar-refractivity contribution in [3.05, 3.63) is 22.4 Å². The van der Waals surface area contributed by atoms with Gasteiger partial charge in [-0.1, -0.05) is 19.9 Å². The van der Waals surface area contributed by atoms with Crippen LogP contribution in [0.4, 0.5) is 0 Å². The fourth-order valence-corrected chi connectivity index (χ4v) is 3.94. The molecule has 2 N–H and O–H groups in total. The maximum Gasteiger partial charge on any atom is 0.236 e. The summed E-state index contributed by atoms with van der Waals surface area (Å²) in [4.78, 5) is 22.0. The van der Waals surface area contributed by atoms with Crippen LogP contribution in [0.3, 0.4) is 0 Å². The van der Waals surface area contributed by atoms with Gasteiger partial charge in [-0.2, -0.15) is 0 Å². The van der Waals surface area contributed by atoms with Gasteiger partial charge in [-0.15, -0.1) is 11.3 Å². The molecule has 0 aromatic carbocycles. The number of piperidine rings is 1. The predicted molar refractivity (Wildman–Crippen MR) is 115 cm³/mol. The summed E-state index contributed by atoms with van der Waals surface area (Å²) >= 11 is 1.79. The maximum absolute atomic E-state index is 11.9. The van der Waals surface area contributed by atoms with E-state index in [1.807, 2.05) is 14.1 Å². The molecule has 27 heavy (non-hydrogen) atoms. The van der Waals surface area contributed by atoms with Crippen LogP contribution in [-0.2, 0) is 10.2 Å². The molecule has 1 aliphatic rings. The number of likely N-dealkylation sites (N-methyl/N-ethyl adjacent to an activating group) is 1. The summed E-state index contributed by atoms with van der Waals surface area (Å²) in [6, 6.07) is 4.69. The predicted octanol–water partition coefficient (Wildman–Crippen LogP) is 2.13. The van der Waals surface area contributed by atoms with Crippen molar-refractivity contribution in [3.8, 4) is 0 Å². The molecule has 2 heterocycles. The molecule has 1 amide bonds. The first-order valence-corrected chi connectivity index (χ1v) is 10.7. The van der Waals surface area contributed by atoms with Crippen LogP contribution in [0.15, 0.2) is 22.5 Å². The zero-order chi connectivity index (χ0) is 19.9. The zero-order valence-electron chi connectivity index (χ0n) is 17.4. The van der Waals surface area contributed by atoms with Crippen LogP contribution in [0.25, 0.3) is 0 Å². The van der Waals surface area contributed by atoms with Crippen LogP contribution in [0, 0.1) is 0 Å². The first-order valence-electron chi connectivity index (χ1n) is 9.83. The second kappa shape index (κ2) is 10.1. The molecule has 0 unspecified atom stereocenters. The largest absolute Gasteiger partial charge is 0.357 e. The molecule has 152 valence electrons. The Morgan fingerprint density at radius 3 is 2.63 bits per heavy atom. The summed E-state index contributed by atoms with van der Waals surface area (Å²) in [7, 11) is 3.63. The molecule has 1 saturated heterocycles. The maximum atomic E-state index is 11.9. The topological polar surface area (TPSA) is 60.0 Å². The van der Waals surface area contributed by atoms with Crippen LogP contribution < -0.4 is 10.6 Å². The van der Waals surface area contributed by atoms with Crippen molar-refractivity contribution in [2.24, 2.45) is 4.99 Å². The fourth-order valence-electron chi connectivity index (χ4n) is 3.10. The van der Waals surface area contributed by atoms with Crippen molar-refractivity contribution in [1.82, 2.24) is 20.4 Å². The number of carbonyl (C=O) groups excluding carboxylic acids is 1. The molecule has 0 bridgehead atoms. The Kier molecular flexibility index (Phi) is 8.10. The highest BCUT2D eigenvalue weighted by atomic mass is 32.1. The van der Waals surface area contributed by atoms with Crippen LogP contribution in [0.5, 0.6) is 0 Å². The summed E-state index contributed by atoms with van der Waals surface area (Å²) < 4.78 is 0. The lowest BCUT2D eigenvalue weighted by molar-refractivity contribution is -0.130. The van der Waals surface area contributed by atoms with Gasteiger partial charge in [-0.05, 0) is 31.2 Å². The summed E-state index contributed by atoms with van der Waals surface area (Å²) in [5, 5.41) is 9.09. The molecule has 0 saturated carbocycles. The molecule has 0 spiro atoms. The Morgan fingerprint density at radius 2 is 2.07 bits per heavy atom. The first kappa shape index (κ1) is 21.7. The number of nitrogens with zero attached hydrogens (tertiary/aromatic N) is 3. The fraction of sp³-hybridized carbons (Fsp3) is 0.700. The van der Waals surface area contributed by atoms with Gasteiger partial charge in [0.05, 0.1) is 13.1 Å². The zero-order valence-corrected chi connectivity index (χ0v) is 18.2. The number of thiophene rings is 1. The van der Waals surface area contributed by atoms with Gasteiger partial charge >= 0.3 is 0 Å². The number of hydrogen-bond donors (Lipinski definition) is 2. The quantitative estimate of drug-likeness (QED) is 0.550. The molecule has 6 nitrogen and oxygen atoms in total. The Hall–Kier alpha value is -1.60. The monoisotopic (exact) mass is 393 g/mol. The highest BCUT2D eigenvalue weighted by Gasteiger charge is 2.24. The normalized spacial score (nSPS) is 17.0. The van der Waals surface area contributed by atoms with Gasteiger partial charge in [-0.3, -0.25) is 14.7 Å². The molecule has 0 aliphatic carbocycles. The van der Waals surface area contributed by atoms with Crippen molar-refractivity contribution in [2.45, 2.75) is 45.1 Å². The summed E-state index contributed by atoms with van der Waals surface area (Å²) in [5.41, 5.74) is 0.0341. The smallest absolute Gasteiger partial charge is 0.236 e. The molecule has 0 atom stereocenters. The first-order chi connectivity index (χ1) is 12.8. The number of likely N-dealkylation sites (tertiary alicyclic amines) is 1. The van der Waals surface area contributed by atoms with Crippen molar-refractivity contribution < 1.29 is 4.79 Å². The van der Waals surface area contributed by atoms with E-state index in [9.17, 15) is 4.79 Å². The summed E-state index contributed by atoms with van der Waals surface area (Å²) in [6.45, 7) is 10.6. The van der Waals surface area contributed by atoms with Crippen LogP contribution >= 0.6 is 11.3 Å². The molecule has 2 rings (SSSR count). The number of rotatable bonds is 7. The van der Waals surface area contributed by atoms with Crippen LogP contribution in [0.2, 0.25) is 0 Å². The van der Waals surface area contributed by atoms with Crippen LogP contribution in [0.1, 0.15) is 38.5 Å². The van der Waals surface area contributed by atoms with Gasteiger partial charge in [-0.25, -0.2) is 0 Å². The average Bonchev–Trinajstić information content (AvgIpc) is 3.17. The third kappa shape index (κ3) is 6.81. The Balaban J connectivity index is 1.86. The van der Waals surface area contributed by atoms with E-state index in [2.05, 4.69) is 53.8 Å². The van der Waals surface area contributed by atoms with Crippen molar-refractivity contribution >= 4 is 23.2 Å². The molecule has 7 heteroatoms. The lowest BCUT2D eigenvalue weighted by Gasteiger charge is -2.33. The Bertz CT molecular complexity index is 604. The van der Waals surface area contributed by atoms with Gasteiger partial charge in [0.1, 0.15) is 0 Å². The Labute approximate surface area is 168 Å². The standard InChI is InChI=1S/C20H35N5OS/c1-6-21-19(22-15-20(2,3)17-8-7-13-27-17)23-16-9-11-25(12-10-16)14-18(26)24(4)5/h7-8,13,16H,6,9-12,14-15H2,1-5H3,(H2,21,22,23). The Morgan fingerprint density at radius 1 is 1.37 bits per heavy atom. The van der Waals surface area contributed by atoms with E-state index < -0.39 is 0 Å². The molecule has 1 aromatic heterocycles. The number of guanidine groups is 1. The second-order valence-electron chi connectivity index (χ2n) is 8.04. The van der Waals surface area contributed by atoms with Crippen molar-refractivity contribution in [3.63, 3.8) is 0 Å². The number of carbonyl (C=O) groups is 1. The second-order valence-corrected chi connectivity index (χ2v) is 8.99. The van der Waals surface area contributed by atoms with Gasteiger partial charge in [0, 0.05) is 50.1 Å². The van der Waals surface area contributed by atoms with E-state index in [0.29, 0.717) is 12.6 Å². The van der Waals surface area contributed by atoms with Crippen molar-refractivity contribution in [2.75, 3.05) is 46.8 Å². The SMILES string of the molecule is CCNC(=NCC(C)(C)c1cccs1)NC1CCN(CC(=O)N(C)C)CC1. The lowest BCUT2D eigenvalue weighted by Crippen LogP contribution is -2.50. The highest BCUT2D eigenvalue weighted by Crippen LogP contribution is 2.27.